The van der Waals surface area contributed by atoms with Crippen LogP contribution in [0.15, 0.2) is 30.3 Å². The first-order valence-electron chi connectivity index (χ1n) is 7.70. The van der Waals surface area contributed by atoms with Crippen molar-refractivity contribution in [3.63, 3.8) is 0 Å². The summed E-state index contributed by atoms with van der Waals surface area (Å²) in [4.78, 5) is 12.8. The smallest absolute Gasteiger partial charge is 0.193 e. The fraction of sp³-hybridized carbons (Fsp3) is 0.350. The second-order valence-corrected chi connectivity index (χ2v) is 6.41. The molecule has 0 aliphatic heterocycles. The zero-order valence-electron chi connectivity index (χ0n) is 13.3. The Morgan fingerprint density at radius 2 is 1.52 bits per heavy atom. The van der Waals surface area contributed by atoms with Crippen LogP contribution in [0.5, 0.6) is 0 Å². The van der Waals surface area contributed by atoms with Crippen LogP contribution in [0.2, 0.25) is 0 Å². The molecule has 1 nitrogen and oxygen atoms in total. The first-order valence-corrected chi connectivity index (χ1v) is 7.70. The van der Waals surface area contributed by atoms with Crippen LogP contribution >= 0.6 is 0 Å². The van der Waals surface area contributed by atoms with Gasteiger partial charge in [-0.25, -0.2) is 0 Å². The number of rotatable bonds is 3. The Morgan fingerprint density at radius 3 is 2.14 bits per heavy atom. The fourth-order valence-corrected chi connectivity index (χ4v) is 2.89. The molecule has 0 N–H and O–H groups in total. The van der Waals surface area contributed by atoms with Crippen LogP contribution in [0.25, 0.3) is 0 Å². The molecule has 0 amide bonds. The Kier molecular flexibility index (Phi) is 3.44. The van der Waals surface area contributed by atoms with Crippen molar-refractivity contribution >= 4 is 5.78 Å². The molecule has 0 spiro atoms. The van der Waals surface area contributed by atoms with Crippen LogP contribution in [-0.2, 0) is 0 Å². The topological polar surface area (TPSA) is 17.1 Å². The zero-order valence-corrected chi connectivity index (χ0v) is 13.3. The summed E-state index contributed by atoms with van der Waals surface area (Å²) in [6, 6.07) is 10.1. The Bertz CT molecular complexity index is 721. The van der Waals surface area contributed by atoms with Gasteiger partial charge in [0.05, 0.1) is 0 Å². The molecular weight excluding hydrogens is 256 g/mol. The van der Waals surface area contributed by atoms with Gasteiger partial charge in [0.2, 0.25) is 0 Å². The molecule has 1 fully saturated rings. The van der Waals surface area contributed by atoms with Crippen molar-refractivity contribution in [2.24, 2.45) is 0 Å². The normalized spacial score (nSPS) is 14.3. The van der Waals surface area contributed by atoms with Gasteiger partial charge in [0.25, 0.3) is 0 Å². The maximum Gasteiger partial charge on any atom is 0.193 e. The van der Waals surface area contributed by atoms with Gasteiger partial charge in [-0.1, -0.05) is 12.1 Å². The van der Waals surface area contributed by atoms with Crippen molar-refractivity contribution in [3.8, 4) is 0 Å². The quantitative estimate of drug-likeness (QED) is 0.720. The highest BCUT2D eigenvalue weighted by Crippen LogP contribution is 2.42. The second-order valence-electron chi connectivity index (χ2n) is 6.41. The van der Waals surface area contributed by atoms with Gasteiger partial charge in [-0.2, -0.15) is 0 Å². The predicted molar refractivity (Wildman–Crippen MR) is 87.2 cm³/mol. The van der Waals surface area contributed by atoms with E-state index >= 15 is 0 Å². The summed E-state index contributed by atoms with van der Waals surface area (Å²) in [5, 5.41) is 0. The Labute approximate surface area is 127 Å². The SMILES string of the molecule is Cc1ccc(C(=O)c2cc(C)c(C)c(C3CC3)c2)cc1C. The molecule has 0 aromatic heterocycles. The lowest BCUT2D eigenvalue weighted by Gasteiger charge is -2.12. The van der Waals surface area contributed by atoms with Gasteiger partial charge in [-0.05, 0) is 92.5 Å². The lowest BCUT2D eigenvalue weighted by atomic mass is 9.92. The maximum atomic E-state index is 12.8. The number of ketones is 1. The van der Waals surface area contributed by atoms with E-state index < -0.39 is 0 Å². The third-order valence-electron chi connectivity index (χ3n) is 4.76. The van der Waals surface area contributed by atoms with Crippen molar-refractivity contribution < 1.29 is 4.79 Å². The van der Waals surface area contributed by atoms with E-state index in [0.717, 1.165) is 11.1 Å². The number of hydrogen-bond acceptors (Lipinski definition) is 1. The van der Waals surface area contributed by atoms with Crippen LogP contribution in [-0.4, -0.2) is 5.78 Å². The summed E-state index contributed by atoms with van der Waals surface area (Å²) >= 11 is 0. The highest BCUT2D eigenvalue weighted by molar-refractivity contribution is 6.09. The van der Waals surface area contributed by atoms with Crippen molar-refractivity contribution in [1.82, 2.24) is 0 Å². The number of carbonyl (C=O) groups is 1. The predicted octanol–water partition coefficient (Wildman–Crippen LogP) is 5.03. The van der Waals surface area contributed by atoms with Gasteiger partial charge in [0.15, 0.2) is 5.78 Å². The second kappa shape index (κ2) is 5.14. The summed E-state index contributed by atoms with van der Waals surface area (Å²) in [7, 11) is 0. The molecule has 0 radical (unpaired) electrons. The third kappa shape index (κ3) is 2.65. The minimum Gasteiger partial charge on any atom is -0.289 e. The van der Waals surface area contributed by atoms with Gasteiger partial charge in [-0.3, -0.25) is 4.79 Å². The molecular formula is C20H22O. The lowest BCUT2D eigenvalue weighted by Crippen LogP contribution is -2.05. The largest absolute Gasteiger partial charge is 0.289 e. The fourth-order valence-electron chi connectivity index (χ4n) is 2.89. The molecule has 0 heterocycles. The van der Waals surface area contributed by atoms with Gasteiger partial charge < -0.3 is 0 Å². The van der Waals surface area contributed by atoms with E-state index in [1.54, 1.807) is 0 Å². The molecule has 1 saturated carbocycles. The van der Waals surface area contributed by atoms with Gasteiger partial charge in [-0.15, -0.1) is 0 Å². The summed E-state index contributed by atoms with van der Waals surface area (Å²) in [5.41, 5.74) is 7.99. The minimum absolute atomic E-state index is 0.142. The van der Waals surface area contributed by atoms with Crippen molar-refractivity contribution in [1.29, 1.82) is 0 Å². The molecule has 1 heteroatoms. The summed E-state index contributed by atoms with van der Waals surface area (Å²) in [6.07, 6.45) is 2.53. The molecule has 0 bridgehead atoms. The molecule has 1 aliphatic carbocycles. The van der Waals surface area contributed by atoms with Crippen molar-refractivity contribution in [2.45, 2.75) is 46.5 Å². The average Bonchev–Trinajstić information content (AvgIpc) is 3.28. The Hall–Kier alpha value is -1.89. The molecule has 2 aromatic carbocycles. The molecule has 0 saturated heterocycles. The minimum atomic E-state index is 0.142. The van der Waals surface area contributed by atoms with E-state index in [1.807, 2.05) is 24.3 Å². The molecule has 0 atom stereocenters. The number of hydrogen-bond donors (Lipinski definition) is 0. The summed E-state index contributed by atoms with van der Waals surface area (Å²) in [6.45, 7) is 8.42. The highest BCUT2D eigenvalue weighted by Gasteiger charge is 2.26. The van der Waals surface area contributed by atoms with Gasteiger partial charge in [0.1, 0.15) is 0 Å². The number of carbonyl (C=O) groups excluding carboxylic acids is 1. The Balaban J connectivity index is 2.03. The van der Waals surface area contributed by atoms with E-state index in [2.05, 4.69) is 33.8 Å². The van der Waals surface area contributed by atoms with E-state index in [-0.39, 0.29) is 5.78 Å². The lowest BCUT2D eigenvalue weighted by molar-refractivity contribution is 0.103. The Morgan fingerprint density at radius 1 is 0.857 bits per heavy atom. The monoisotopic (exact) mass is 278 g/mol. The summed E-state index contributed by atoms with van der Waals surface area (Å²) in [5.74, 6) is 0.819. The first kappa shape index (κ1) is 14.1. The summed E-state index contributed by atoms with van der Waals surface area (Å²) < 4.78 is 0. The molecule has 108 valence electrons. The number of aryl methyl sites for hydroxylation is 3. The number of benzene rings is 2. The third-order valence-corrected chi connectivity index (χ3v) is 4.76. The maximum absolute atomic E-state index is 12.8. The van der Waals surface area contributed by atoms with Crippen LogP contribution in [0.3, 0.4) is 0 Å². The van der Waals surface area contributed by atoms with E-state index in [1.165, 1.54) is 40.7 Å². The van der Waals surface area contributed by atoms with Crippen LogP contribution in [0.4, 0.5) is 0 Å². The average molecular weight is 278 g/mol. The zero-order chi connectivity index (χ0) is 15.1. The van der Waals surface area contributed by atoms with E-state index in [4.69, 9.17) is 0 Å². The van der Waals surface area contributed by atoms with Gasteiger partial charge >= 0.3 is 0 Å². The van der Waals surface area contributed by atoms with Crippen molar-refractivity contribution in [3.05, 3.63) is 69.3 Å². The molecule has 1 aliphatic rings. The van der Waals surface area contributed by atoms with E-state index in [0.29, 0.717) is 5.92 Å². The molecule has 3 rings (SSSR count). The highest BCUT2D eigenvalue weighted by atomic mass is 16.1. The molecule has 2 aromatic rings. The first-order chi connectivity index (χ1) is 9.97. The molecule has 0 unspecified atom stereocenters. The van der Waals surface area contributed by atoms with Crippen LogP contribution in [0, 0.1) is 27.7 Å². The standard InChI is InChI=1S/C20H22O/c1-12-5-6-17(9-13(12)2)20(21)18-10-14(3)15(4)19(11-18)16-7-8-16/h5-6,9-11,16H,7-8H2,1-4H3. The van der Waals surface area contributed by atoms with Crippen LogP contribution < -0.4 is 0 Å². The molecule has 21 heavy (non-hydrogen) atoms. The van der Waals surface area contributed by atoms with E-state index in [9.17, 15) is 4.79 Å². The van der Waals surface area contributed by atoms with Crippen LogP contribution in [0.1, 0.15) is 62.5 Å². The van der Waals surface area contributed by atoms with Crippen molar-refractivity contribution in [2.75, 3.05) is 0 Å². The van der Waals surface area contributed by atoms with Gasteiger partial charge in [0, 0.05) is 11.1 Å².